The molecule has 1 aliphatic carbocycles. The molecule has 4 aromatic rings. The molecule has 0 saturated heterocycles. The number of rotatable bonds is 0. The van der Waals surface area contributed by atoms with Crippen LogP contribution >= 0.6 is 0 Å². The zero-order valence-corrected chi connectivity index (χ0v) is 14.1. The van der Waals surface area contributed by atoms with Crippen molar-refractivity contribution in [2.75, 3.05) is 0 Å². The van der Waals surface area contributed by atoms with Crippen LogP contribution in [0.15, 0.2) is 65.1 Å². The molecule has 0 atom stereocenters. The van der Waals surface area contributed by atoms with Gasteiger partial charge in [-0.1, -0.05) is 56.3 Å². The summed E-state index contributed by atoms with van der Waals surface area (Å²) in [6, 6.07) is 21.9. The molecular weight excluding hydrogens is 292 g/mol. The van der Waals surface area contributed by atoms with Crippen molar-refractivity contribution in [1.29, 1.82) is 0 Å². The average molecular weight is 312 g/mol. The van der Waals surface area contributed by atoms with Crippen LogP contribution in [0.3, 0.4) is 0 Å². The van der Waals surface area contributed by atoms with Crippen molar-refractivity contribution >= 4 is 21.9 Å². The molecule has 0 radical (unpaired) electrons. The van der Waals surface area contributed by atoms with E-state index in [1.54, 1.807) is 0 Å². The van der Waals surface area contributed by atoms with Gasteiger partial charge in [-0.2, -0.15) is 0 Å². The van der Waals surface area contributed by atoms with Crippen molar-refractivity contribution < 1.29 is 4.42 Å². The van der Waals surface area contributed by atoms with Crippen molar-refractivity contribution in [1.82, 2.24) is 0 Å². The van der Waals surface area contributed by atoms with Crippen LogP contribution in [-0.4, -0.2) is 0 Å². The fourth-order valence-corrected chi connectivity index (χ4v) is 4.36. The molecule has 1 aliphatic rings. The molecule has 0 unspecified atom stereocenters. The summed E-state index contributed by atoms with van der Waals surface area (Å²) in [5.41, 5.74) is 7.78. The molecule has 0 N–H and O–H groups in total. The first-order valence-electron chi connectivity index (χ1n) is 8.67. The van der Waals surface area contributed by atoms with Crippen LogP contribution in [0.2, 0.25) is 0 Å². The molecule has 24 heavy (non-hydrogen) atoms. The van der Waals surface area contributed by atoms with Gasteiger partial charge in [0.2, 0.25) is 0 Å². The van der Waals surface area contributed by atoms with Gasteiger partial charge >= 0.3 is 0 Å². The van der Waals surface area contributed by atoms with Crippen LogP contribution in [0.5, 0.6) is 0 Å². The summed E-state index contributed by atoms with van der Waals surface area (Å²) < 4.78 is 6.10. The molecule has 0 aliphatic heterocycles. The van der Waals surface area contributed by atoms with E-state index in [9.17, 15) is 0 Å². The van der Waals surface area contributed by atoms with E-state index in [0.29, 0.717) is 0 Å². The second-order valence-corrected chi connectivity index (χ2v) is 7.39. The Balaban J connectivity index is 1.85. The Labute approximate surface area is 141 Å². The van der Waals surface area contributed by atoms with E-state index in [0.717, 1.165) is 24.0 Å². The SMILES string of the molecule is CC1(C)c2ccccc2CCc2cc3oc4ccccc4c3cc21. The topological polar surface area (TPSA) is 13.1 Å². The molecule has 118 valence electrons. The first-order chi connectivity index (χ1) is 11.6. The fourth-order valence-electron chi connectivity index (χ4n) is 4.36. The molecule has 1 aromatic heterocycles. The highest BCUT2D eigenvalue weighted by Crippen LogP contribution is 2.42. The number of hydrogen-bond donors (Lipinski definition) is 0. The third-order valence-electron chi connectivity index (χ3n) is 5.63. The zero-order chi connectivity index (χ0) is 16.3. The van der Waals surface area contributed by atoms with Crippen molar-refractivity contribution in [2.24, 2.45) is 0 Å². The highest BCUT2D eigenvalue weighted by atomic mass is 16.3. The quantitative estimate of drug-likeness (QED) is 0.387. The normalized spacial score (nSPS) is 15.9. The van der Waals surface area contributed by atoms with Crippen LogP contribution in [0.25, 0.3) is 21.9 Å². The number of aryl methyl sites for hydroxylation is 2. The molecule has 3 aromatic carbocycles. The number of fused-ring (bicyclic) bond motifs is 5. The second-order valence-electron chi connectivity index (χ2n) is 7.39. The maximum absolute atomic E-state index is 6.10. The molecule has 0 fully saturated rings. The van der Waals surface area contributed by atoms with Gasteiger partial charge in [-0.25, -0.2) is 0 Å². The van der Waals surface area contributed by atoms with Crippen LogP contribution in [0.1, 0.15) is 36.1 Å². The first-order valence-corrected chi connectivity index (χ1v) is 8.67. The molecule has 1 nitrogen and oxygen atoms in total. The molecule has 0 bridgehead atoms. The molecule has 0 spiro atoms. The van der Waals surface area contributed by atoms with Crippen molar-refractivity contribution in [3.63, 3.8) is 0 Å². The predicted octanol–water partition coefficient (Wildman–Crippen LogP) is 6.01. The van der Waals surface area contributed by atoms with E-state index in [4.69, 9.17) is 4.42 Å². The third-order valence-corrected chi connectivity index (χ3v) is 5.63. The summed E-state index contributed by atoms with van der Waals surface area (Å²) >= 11 is 0. The number of furan rings is 1. The van der Waals surface area contributed by atoms with Crippen LogP contribution in [0.4, 0.5) is 0 Å². The maximum Gasteiger partial charge on any atom is 0.135 e. The summed E-state index contributed by atoms with van der Waals surface area (Å²) in [6.45, 7) is 4.70. The molecule has 1 heterocycles. The summed E-state index contributed by atoms with van der Waals surface area (Å²) in [5, 5.41) is 2.44. The largest absolute Gasteiger partial charge is 0.456 e. The minimum absolute atomic E-state index is 0.00892. The lowest BCUT2D eigenvalue weighted by atomic mass is 9.75. The minimum Gasteiger partial charge on any atom is -0.456 e. The van der Waals surface area contributed by atoms with Crippen molar-refractivity contribution in [3.05, 3.63) is 82.9 Å². The zero-order valence-electron chi connectivity index (χ0n) is 14.1. The number of hydrogen-bond acceptors (Lipinski definition) is 1. The summed E-state index contributed by atoms with van der Waals surface area (Å²) in [7, 11) is 0. The van der Waals surface area contributed by atoms with E-state index < -0.39 is 0 Å². The number of para-hydroxylation sites is 1. The van der Waals surface area contributed by atoms with E-state index in [1.165, 1.54) is 33.0 Å². The van der Waals surface area contributed by atoms with Gasteiger partial charge in [-0.15, -0.1) is 0 Å². The van der Waals surface area contributed by atoms with Gasteiger partial charge in [0.15, 0.2) is 0 Å². The van der Waals surface area contributed by atoms with Gasteiger partial charge < -0.3 is 4.42 Å². The Bertz CT molecular complexity index is 1080. The summed E-state index contributed by atoms with van der Waals surface area (Å²) in [4.78, 5) is 0. The van der Waals surface area contributed by atoms with Gasteiger partial charge in [0.1, 0.15) is 11.2 Å². The van der Waals surface area contributed by atoms with Crippen molar-refractivity contribution in [2.45, 2.75) is 32.1 Å². The number of benzene rings is 3. The van der Waals surface area contributed by atoms with E-state index >= 15 is 0 Å². The van der Waals surface area contributed by atoms with E-state index in [2.05, 4.69) is 68.4 Å². The summed E-state index contributed by atoms with van der Waals surface area (Å²) in [5.74, 6) is 0. The maximum atomic E-state index is 6.10. The Morgan fingerprint density at radius 2 is 1.46 bits per heavy atom. The molecule has 0 saturated carbocycles. The lowest BCUT2D eigenvalue weighted by Crippen LogP contribution is -2.20. The van der Waals surface area contributed by atoms with Gasteiger partial charge in [-0.05, 0) is 53.3 Å². The smallest absolute Gasteiger partial charge is 0.135 e. The Morgan fingerprint density at radius 1 is 0.708 bits per heavy atom. The van der Waals surface area contributed by atoms with Crippen molar-refractivity contribution in [3.8, 4) is 0 Å². The third kappa shape index (κ3) is 1.81. The van der Waals surface area contributed by atoms with E-state index in [-0.39, 0.29) is 5.41 Å². The monoisotopic (exact) mass is 312 g/mol. The van der Waals surface area contributed by atoms with Crippen LogP contribution in [0, 0.1) is 0 Å². The highest BCUT2D eigenvalue weighted by molar-refractivity contribution is 6.05. The second kappa shape index (κ2) is 4.73. The fraction of sp³-hybridized carbons (Fsp3) is 0.217. The first kappa shape index (κ1) is 13.9. The molecule has 0 amide bonds. The Hall–Kier alpha value is -2.54. The predicted molar refractivity (Wildman–Crippen MR) is 99.7 cm³/mol. The molecule has 1 heteroatoms. The molecule has 5 rings (SSSR count). The van der Waals surface area contributed by atoms with Gasteiger partial charge in [0.05, 0.1) is 0 Å². The Morgan fingerprint density at radius 3 is 2.38 bits per heavy atom. The highest BCUT2D eigenvalue weighted by Gasteiger charge is 2.31. The lowest BCUT2D eigenvalue weighted by molar-refractivity contribution is 0.635. The summed E-state index contributed by atoms with van der Waals surface area (Å²) in [6.07, 6.45) is 2.17. The molecular formula is C23H20O. The van der Waals surface area contributed by atoms with Crippen LogP contribution in [-0.2, 0) is 18.3 Å². The van der Waals surface area contributed by atoms with Gasteiger partial charge in [-0.3, -0.25) is 0 Å². The van der Waals surface area contributed by atoms with Crippen LogP contribution < -0.4 is 0 Å². The lowest BCUT2D eigenvalue weighted by Gasteiger charge is -2.28. The average Bonchev–Trinajstić information content (AvgIpc) is 2.91. The minimum atomic E-state index is 0.00892. The van der Waals surface area contributed by atoms with E-state index in [1.807, 2.05) is 6.07 Å². The standard InChI is InChI=1S/C23H20O/c1-23(2)19-9-5-3-7-15(19)11-12-16-13-22-18(14-20(16)23)17-8-4-6-10-21(17)24-22/h3-10,13-14H,11-12H2,1-2H3. The van der Waals surface area contributed by atoms with Gasteiger partial charge in [0, 0.05) is 16.2 Å². The Kier molecular flexibility index (Phi) is 2.73. The van der Waals surface area contributed by atoms with Gasteiger partial charge in [0.25, 0.3) is 0 Å².